The van der Waals surface area contributed by atoms with Crippen molar-refractivity contribution in [1.29, 1.82) is 0 Å². The first-order chi connectivity index (χ1) is 10.0. The Morgan fingerprint density at radius 1 is 1.19 bits per heavy atom. The molecule has 1 aromatic carbocycles. The third-order valence-electron chi connectivity index (χ3n) is 4.18. The lowest BCUT2D eigenvalue weighted by Gasteiger charge is -2.29. The van der Waals surface area contributed by atoms with Crippen LogP contribution < -0.4 is 9.64 Å². The molecule has 2 heterocycles. The summed E-state index contributed by atoms with van der Waals surface area (Å²) in [5.41, 5.74) is 1.05. The molecule has 21 heavy (non-hydrogen) atoms. The van der Waals surface area contributed by atoms with Crippen molar-refractivity contribution < 1.29 is 13.2 Å². The zero-order valence-corrected chi connectivity index (χ0v) is 13.2. The number of hydrogen-bond acceptors (Lipinski definition) is 5. The zero-order chi connectivity index (χ0) is 14.9. The van der Waals surface area contributed by atoms with E-state index in [0.717, 1.165) is 30.9 Å². The van der Waals surface area contributed by atoms with Crippen LogP contribution in [0.3, 0.4) is 0 Å². The molecule has 0 bridgehead atoms. The van der Waals surface area contributed by atoms with Crippen LogP contribution in [0, 0.1) is 0 Å². The van der Waals surface area contributed by atoms with Gasteiger partial charge in [0.15, 0.2) is 9.84 Å². The Balaban J connectivity index is 1.66. The van der Waals surface area contributed by atoms with E-state index < -0.39 is 9.84 Å². The summed E-state index contributed by atoms with van der Waals surface area (Å²) in [6.45, 7) is 3.18. The van der Waals surface area contributed by atoms with Gasteiger partial charge in [-0.2, -0.15) is 0 Å². The zero-order valence-electron chi connectivity index (χ0n) is 12.4. The van der Waals surface area contributed by atoms with Crippen molar-refractivity contribution in [2.24, 2.45) is 0 Å². The van der Waals surface area contributed by atoms with Crippen molar-refractivity contribution in [3.05, 3.63) is 24.3 Å². The van der Waals surface area contributed by atoms with Crippen LogP contribution in [-0.4, -0.2) is 64.2 Å². The molecule has 1 atom stereocenters. The third-order valence-corrected chi connectivity index (χ3v) is 5.79. The van der Waals surface area contributed by atoms with E-state index in [4.69, 9.17) is 4.74 Å². The van der Waals surface area contributed by atoms with E-state index in [-0.39, 0.29) is 17.6 Å². The molecule has 0 radical (unpaired) electrons. The molecule has 0 saturated carbocycles. The van der Waals surface area contributed by atoms with Crippen LogP contribution in [0.25, 0.3) is 0 Å². The van der Waals surface area contributed by atoms with Crippen molar-refractivity contribution in [3.8, 4) is 5.75 Å². The maximum absolute atomic E-state index is 11.5. The largest absolute Gasteiger partial charge is 0.489 e. The number of likely N-dealkylation sites (tertiary alicyclic amines) is 1. The Morgan fingerprint density at radius 3 is 2.62 bits per heavy atom. The van der Waals surface area contributed by atoms with E-state index in [1.165, 1.54) is 0 Å². The van der Waals surface area contributed by atoms with E-state index in [1.54, 1.807) is 0 Å². The fourth-order valence-corrected chi connectivity index (χ4v) is 4.11. The van der Waals surface area contributed by atoms with Gasteiger partial charge in [0.2, 0.25) is 0 Å². The molecule has 5 nitrogen and oxygen atoms in total. The van der Waals surface area contributed by atoms with Gasteiger partial charge in [-0.1, -0.05) is 6.07 Å². The highest BCUT2D eigenvalue weighted by Crippen LogP contribution is 2.25. The Bertz CT molecular complexity index is 589. The molecule has 2 saturated heterocycles. The van der Waals surface area contributed by atoms with Crippen molar-refractivity contribution in [3.63, 3.8) is 0 Å². The second kappa shape index (κ2) is 5.85. The number of ether oxygens (including phenoxy) is 1. The first kappa shape index (κ1) is 14.7. The summed E-state index contributed by atoms with van der Waals surface area (Å²) in [6, 6.07) is 8.00. The van der Waals surface area contributed by atoms with Gasteiger partial charge in [-0.05, 0) is 25.6 Å². The third kappa shape index (κ3) is 3.68. The summed E-state index contributed by atoms with van der Waals surface area (Å²) in [6.07, 6.45) is 1.31. The minimum absolute atomic E-state index is 0.242. The van der Waals surface area contributed by atoms with Gasteiger partial charge in [0.05, 0.1) is 11.5 Å². The Morgan fingerprint density at radius 2 is 1.95 bits per heavy atom. The lowest BCUT2D eigenvalue weighted by atomic mass is 10.2. The number of nitrogens with zero attached hydrogens (tertiary/aromatic N) is 2. The lowest BCUT2D eigenvalue weighted by molar-refractivity contribution is 0.208. The average molecular weight is 310 g/mol. The number of likely N-dealkylation sites (N-methyl/N-ethyl adjacent to an activating group) is 1. The maximum atomic E-state index is 11.5. The maximum Gasteiger partial charge on any atom is 0.153 e. The first-order valence-electron chi connectivity index (χ1n) is 7.42. The van der Waals surface area contributed by atoms with E-state index in [0.29, 0.717) is 13.1 Å². The summed E-state index contributed by atoms with van der Waals surface area (Å²) < 4.78 is 29.0. The second-order valence-electron chi connectivity index (χ2n) is 5.93. The van der Waals surface area contributed by atoms with Crippen molar-refractivity contribution in [2.75, 3.05) is 49.6 Å². The van der Waals surface area contributed by atoms with Gasteiger partial charge >= 0.3 is 0 Å². The van der Waals surface area contributed by atoms with Crippen molar-refractivity contribution in [2.45, 2.75) is 12.5 Å². The first-order valence-corrected chi connectivity index (χ1v) is 9.25. The molecule has 0 spiro atoms. The Labute approximate surface area is 126 Å². The van der Waals surface area contributed by atoms with Gasteiger partial charge in [0.25, 0.3) is 0 Å². The molecule has 0 aliphatic carbocycles. The molecule has 116 valence electrons. The van der Waals surface area contributed by atoms with Crippen LogP contribution in [0.15, 0.2) is 24.3 Å². The molecular weight excluding hydrogens is 288 g/mol. The van der Waals surface area contributed by atoms with Crippen molar-refractivity contribution >= 4 is 15.5 Å². The predicted octanol–water partition coefficient (Wildman–Crippen LogP) is 1.00. The van der Waals surface area contributed by atoms with Gasteiger partial charge in [-0.3, -0.25) is 0 Å². The molecule has 2 aliphatic rings. The van der Waals surface area contributed by atoms with E-state index in [9.17, 15) is 8.42 Å². The summed E-state index contributed by atoms with van der Waals surface area (Å²) in [7, 11) is -0.732. The lowest BCUT2D eigenvalue weighted by Crippen LogP contribution is -2.40. The smallest absolute Gasteiger partial charge is 0.153 e. The highest BCUT2D eigenvalue weighted by molar-refractivity contribution is 7.91. The monoisotopic (exact) mass is 310 g/mol. The van der Waals surface area contributed by atoms with E-state index >= 15 is 0 Å². The molecule has 0 amide bonds. The standard InChI is InChI=1S/C15H22N2O3S/c1-16-6-5-15(12-16)20-14-4-2-3-13(11-14)17-7-9-21(18,19)10-8-17/h2-4,11,15H,5-10,12H2,1H3. The van der Waals surface area contributed by atoms with Gasteiger partial charge in [-0.15, -0.1) is 0 Å². The fourth-order valence-electron chi connectivity index (χ4n) is 2.91. The normalized spacial score (nSPS) is 26.0. The van der Waals surface area contributed by atoms with Crippen LogP contribution in [-0.2, 0) is 9.84 Å². The van der Waals surface area contributed by atoms with Crippen molar-refractivity contribution in [1.82, 2.24) is 4.90 Å². The van der Waals surface area contributed by atoms with Crippen LogP contribution in [0.5, 0.6) is 5.75 Å². The topological polar surface area (TPSA) is 49.9 Å². The Kier molecular flexibility index (Phi) is 4.08. The molecule has 6 heteroatoms. The van der Waals surface area contributed by atoms with Crippen LogP contribution in [0.4, 0.5) is 5.69 Å². The summed E-state index contributed by atoms with van der Waals surface area (Å²) >= 11 is 0. The SMILES string of the molecule is CN1CCC(Oc2cccc(N3CCS(=O)(=O)CC3)c2)C1. The minimum atomic E-state index is -2.84. The second-order valence-corrected chi connectivity index (χ2v) is 8.23. The van der Waals surface area contributed by atoms with Gasteiger partial charge in [0.1, 0.15) is 11.9 Å². The molecule has 3 rings (SSSR count). The molecule has 0 aromatic heterocycles. The molecule has 2 fully saturated rings. The molecular formula is C15H22N2O3S. The fraction of sp³-hybridized carbons (Fsp3) is 0.600. The van der Waals surface area contributed by atoms with Gasteiger partial charge in [0, 0.05) is 37.9 Å². The van der Waals surface area contributed by atoms with E-state index in [1.807, 2.05) is 24.3 Å². The predicted molar refractivity (Wildman–Crippen MR) is 83.8 cm³/mol. The number of sulfone groups is 1. The highest BCUT2D eigenvalue weighted by Gasteiger charge is 2.23. The molecule has 1 unspecified atom stereocenters. The Hall–Kier alpha value is -1.27. The molecule has 2 aliphatic heterocycles. The molecule has 0 N–H and O–H groups in total. The summed E-state index contributed by atoms with van der Waals surface area (Å²) in [5.74, 6) is 1.36. The minimum Gasteiger partial charge on any atom is -0.489 e. The van der Waals surface area contributed by atoms with Crippen LogP contribution in [0.2, 0.25) is 0 Å². The van der Waals surface area contributed by atoms with Crippen LogP contribution >= 0.6 is 0 Å². The number of benzene rings is 1. The number of rotatable bonds is 3. The average Bonchev–Trinajstić information content (AvgIpc) is 2.84. The number of hydrogen-bond donors (Lipinski definition) is 0. The van der Waals surface area contributed by atoms with Gasteiger partial charge in [-0.25, -0.2) is 8.42 Å². The number of anilines is 1. The molecule has 1 aromatic rings. The quantitative estimate of drug-likeness (QED) is 0.834. The highest BCUT2D eigenvalue weighted by atomic mass is 32.2. The van der Waals surface area contributed by atoms with Gasteiger partial charge < -0.3 is 14.5 Å². The van der Waals surface area contributed by atoms with Crippen LogP contribution in [0.1, 0.15) is 6.42 Å². The van der Waals surface area contributed by atoms with E-state index in [2.05, 4.69) is 16.8 Å². The summed E-state index contributed by atoms with van der Waals surface area (Å²) in [4.78, 5) is 4.39. The summed E-state index contributed by atoms with van der Waals surface area (Å²) in [5, 5.41) is 0.